The maximum absolute atomic E-state index is 6.20. The van der Waals surface area contributed by atoms with Crippen LogP contribution in [-0.4, -0.2) is 0 Å². The van der Waals surface area contributed by atoms with Gasteiger partial charge < -0.3 is 0 Å². The van der Waals surface area contributed by atoms with Gasteiger partial charge in [-0.1, -0.05) is 83.3 Å². The van der Waals surface area contributed by atoms with E-state index < -0.39 is 0 Å². The molecule has 0 bridgehead atoms. The van der Waals surface area contributed by atoms with Gasteiger partial charge in [-0.25, -0.2) is 0 Å². The number of rotatable bonds is 3. The van der Waals surface area contributed by atoms with E-state index in [2.05, 4.69) is 12.1 Å². The fourth-order valence-corrected chi connectivity index (χ4v) is 3.00. The first kappa shape index (κ1) is 15.4. The number of halogens is 3. The highest BCUT2D eigenvalue weighted by atomic mass is 35.5. The minimum atomic E-state index is 0.0910. The molecule has 0 aromatic heterocycles. The summed E-state index contributed by atoms with van der Waals surface area (Å²) in [7, 11) is 0. The average Bonchev–Trinajstić information content (AvgIpc) is 2.54. The molecular weight excluding hydrogens is 335 g/mol. The van der Waals surface area contributed by atoms with Crippen LogP contribution in [0.3, 0.4) is 0 Å². The van der Waals surface area contributed by atoms with Crippen molar-refractivity contribution in [2.24, 2.45) is 0 Å². The van der Waals surface area contributed by atoms with E-state index in [0.717, 1.165) is 16.1 Å². The minimum absolute atomic E-state index is 0.0910. The molecule has 1 atom stereocenters. The van der Waals surface area contributed by atoms with E-state index in [1.165, 1.54) is 5.56 Å². The van der Waals surface area contributed by atoms with E-state index in [-0.39, 0.29) is 5.92 Å². The summed E-state index contributed by atoms with van der Waals surface area (Å²) >= 11 is 18.3. The van der Waals surface area contributed by atoms with Crippen molar-refractivity contribution < 1.29 is 0 Å². The second-order valence-electron chi connectivity index (χ2n) is 5.07. The van der Waals surface area contributed by atoms with Crippen LogP contribution < -0.4 is 0 Å². The van der Waals surface area contributed by atoms with Crippen LogP contribution in [0.2, 0.25) is 15.1 Å². The Hall–Kier alpha value is -1.47. The molecule has 0 amide bonds. The lowest BCUT2D eigenvalue weighted by Crippen LogP contribution is -2.03. The average molecular weight is 348 g/mol. The van der Waals surface area contributed by atoms with Gasteiger partial charge in [0, 0.05) is 10.9 Å². The van der Waals surface area contributed by atoms with Crippen LogP contribution in [0.1, 0.15) is 22.6 Å². The first-order valence-electron chi connectivity index (χ1n) is 6.90. The van der Waals surface area contributed by atoms with Crippen LogP contribution >= 0.6 is 34.8 Å². The van der Waals surface area contributed by atoms with Crippen molar-refractivity contribution in [2.45, 2.75) is 5.92 Å². The standard InChI is InChI=1S/C19H13Cl3/c20-16-9-6-14(7-10-16)19(13-4-2-1-3-5-13)15-8-11-17(21)18(22)12-15/h1-12,19H. The lowest BCUT2D eigenvalue weighted by molar-refractivity contribution is 0.978. The fourth-order valence-electron chi connectivity index (χ4n) is 2.57. The number of hydrogen-bond acceptors (Lipinski definition) is 0. The maximum Gasteiger partial charge on any atom is 0.0595 e. The number of hydrogen-bond donors (Lipinski definition) is 0. The van der Waals surface area contributed by atoms with E-state index in [4.69, 9.17) is 34.8 Å². The van der Waals surface area contributed by atoms with Gasteiger partial charge in [-0.2, -0.15) is 0 Å². The molecule has 3 aromatic rings. The van der Waals surface area contributed by atoms with Crippen molar-refractivity contribution in [3.05, 3.63) is 105 Å². The Bertz CT molecular complexity index is 764. The fraction of sp³-hybridized carbons (Fsp3) is 0.0526. The van der Waals surface area contributed by atoms with Gasteiger partial charge in [0.2, 0.25) is 0 Å². The summed E-state index contributed by atoms with van der Waals surface area (Å²) in [5.41, 5.74) is 3.46. The predicted octanol–water partition coefficient (Wildman–Crippen LogP) is 6.83. The summed E-state index contributed by atoms with van der Waals surface area (Å²) in [6.07, 6.45) is 0. The molecule has 0 aliphatic heterocycles. The van der Waals surface area contributed by atoms with Crippen LogP contribution in [0.4, 0.5) is 0 Å². The summed E-state index contributed by atoms with van der Waals surface area (Å²) in [6.45, 7) is 0. The Morgan fingerprint density at radius 1 is 0.545 bits per heavy atom. The molecule has 0 nitrogen and oxygen atoms in total. The first-order chi connectivity index (χ1) is 10.6. The molecule has 3 rings (SSSR count). The summed E-state index contributed by atoms with van der Waals surface area (Å²) in [4.78, 5) is 0. The Labute approximate surface area is 145 Å². The van der Waals surface area contributed by atoms with Crippen molar-refractivity contribution in [3.8, 4) is 0 Å². The van der Waals surface area contributed by atoms with Crippen molar-refractivity contribution in [1.82, 2.24) is 0 Å². The zero-order valence-corrected chi connectivity index (χ0v) is 13.9. The molecule has 0 heterocycles. The molecule has 3 aromatic carbocycles. The second kappa shape index (κ2) is 6.75. The van der Waals surface area contributed by atoms with Gasteiger partial charge in [0.15, 0.2) is 0 Å². The highest BCUT2D eigenvalue weighted by molar-refractivity contribution is 6.42. The molecule has 0 aliphatic carbocycles. The molecule has 22 heavy (non-hydrogen) atoms. The molecule has 0 fully saturated rings. The smallest absolute Gasteiger partial charge is 0.0595 e. The lowest BCUT2D eigenvalue weighted by Gasteiger charge is -2.19. The minimum Gasteiger partial charge on any atom is -0.0843 e. The van der Waals surface area contributed by atoms with Gasteiger partial charge in [0.1, 0.15) is 0 Å². The summed E-state index contributed by atoms with van der Waals surface area (Å²) in [5.74, 6) is 0.0910. The van der Waals surface area contributed by atoms with Crippen molar-refractivity contribution in [3.63, 3.8) is 0 Å². The van der Waals surface area contributed by atoms with E-state index >= 15 is 0 Å². The zero-order valence-electron chi connectivity index (χ0n) is 11.6. The van der Waals surface area contributed by atoms with Crippen LogP contribution in [0.25, 0.3) is 0 Å². The third-order valence-corrected chi connectivity index (χ3v) is 4.60. The van der Waals surface area contributed by atoms with E-state index in [9.17, 15) is 0 Å². The van der Waals surface area contributed by atoms with Crippen molar-refractivity contribution in [2.75, 3.05) is 0 Å². The monoisotopic (exact) mass is 346 g/mol. The summed E-state index contributed by atoms with van der Waals surface area (Å²) in [6, 6.07) is 24.0. The SMILES string of the molecule is Clc1ccc(C(c2ccccc2)c2ccc(Cl)c(Cl)c2)cc1. The summed E-state index contributed by atoms with van der Waals surface area (Å²) < 4.78 is 0. The topological polar surface area (TPSA) is 0 Å². The van der Waals surface area contributed by atoms with Gasteiger partial charge in [-0.3, -0.25) is 0 Å². The van der Waals surface area contributed by atoms with E-state index in [0.29, 0.717) is 10.0 Å². The van der Waals surface area contributed by atoms with Gasteiger partial charge in [-0.15, -0.1) is 0 Å². The Morgan fingerprint density at radius 3 is 1.77 bits per heavy atom. The Kier molecular flexibility index (Phi) is 4.73. The molecule has 0 spiro atoms. The molecule has 0 saturated heterocycles. The van der Waals surface area contributed by atoms with Crippen LogP contribution in [0, 0.1) is 0 Å². The third-order valence-electron chi connectivity index (χ3n) is 3.61. The molecular formula is C19H13Cl3. The summed E-state index contributed by atoms with van der Waals surface area (Å²) in [5, 5.41) is 1.85. The van der Waals surface area contributed by atoms with Crippen LogP contribution in [-0.2, 0) is 0 Å². The molecule has 1 unspecified atom stereocenters. The van der Waals surface area contributed by atoms with Gasteiger partial charge in [-0.05, 0) is 41.0 Å². The van der Waals surface area contributed by atoms with E-state index in [1.54, 1.807) is 0 Å². The molecule has 110 valence electrons. The Morgan fingerprint density at radius 2 is 1.14 bits per heavy atom. The highest BCUT2D eigenvalue weighted by Crippen LogP contribution is 2.35. The number of benzene rings is 3. The highest BCUT2D eigenvalue weighted by Gasteiger charge is 2.17. The van der Waals surface area contributed by atoms with Gasteiger partial charge in [0.25, 0.3) is 0 Å². The quantitative estimate of drug-likeness (QED) is 0.456. The second-order valence-corrected chi connectivity index (χ2v) is 6.32. The van der Waals surface area contributed by atoms with Crippen molar-refractivity contribution >= 4 is 34.8 Å². The molecule has 3 heteroatoms. The molecule has 0 N–H and O–H groups in total. The van der Waals surface area contributed by atoms with Gasteiger partial charge >= 0.3 is 0 Å². The largest absolute Gasteiger partial charge is 0.0843 e. The van der Waals surface area contributed by atoms with Gasteiger partial charge in [0.05, 0.1) is 10.0 Å². The van der Waals surface area contributed by atoms with Crippen LogP contribution in [0.5, 0.6) is 0 Å². The predicted molar refractivity (Wildman–Crippen MR) is 95.3 cm³/mol. The molecule has 0 radical (unpaired) electrons. The molecule has 0 saturated carbocycles. The van der Waals surface area contributed by atoms with E-state index in [1.807, 2.05) is 60.7 Å². The zero-order chi connectivity index (χ0) is 15.5. The third kappa shape index (κ3) is 3.30. The normalized spacial score (nSPS) is 12.1. The lowest BCUT2D eigenvalue weighted by atomic mass is 9.85. The molecule has 0 aliphatic rings. The van der Waals surface area contributed by atoms with Crippen LogP contribution in [0.15, 0.2) is 72.8 Å². The first-order valence-corrected chi connectivity index (χ1v) is 8.04. The Balaban J connectivity index is 2.14. The maximum atomic E-state index is 6.20. The van der Waals surface area contributed by atoms with Crippen molar-refractivity contribution in [1.29, 1.82) is 0 Å².